The summed E-state index contributed by atoms with van der Waals surface area (Å²) in [4.78, 5) is 0. The van der Waals surface area contributed by atoms with Gasteiger partial charge in [-0.2, -0.15) is 0 Å². The van der Waals surface area contributed by atoms with Gasteiger partial charge in [0.15, 0.2) is 0 Å². The average Bonchev–Trinajstić information content (AvgIpc) is 3.32. The Morgan fingerprint density at radius 3 is 2.78 bits per heavy atom. The zero-order valence-electron chi connectivity index (χ0n) is 19.8. The summed E-state index contributed by atoms with van der Waals surface area (Å²) in [6.07, 6.45) is 13.1. The van der Waals surface area contributed by atoms with Crippen molar-refractivity contribution >= 4 is 0 Å². The van der Waals surface area contributed by atoms with Crippen LogP contribution in [-0.4, -0.2) is 29.0 Å². The Labute approximate surface area is 195 Å². The molecule has 2 saturated carbocycles. The predicted molar refractivity (Wildman–Crippen MR) is 133 cm³/mol. The maximum Gasteiger partial charge on any atom is 0.0755 e. The molecule has 0 saturated heterocycles. The lowest BCUT2D eigenvalue weighted by atomic mass is 9.89. The van der Waals surface area contributed by atoms with E-state index in [1.54, 1.807) is 5.57 Å². The van der Waals surface area contributed by atoms with Crippen LogP contribution in [0.2, 0.25) is 0 Å². The van der Waals surface area contributed by atoms with E-state index in [2.05, 4.69) is 59.6 Å². The fraction of sp³-hybridized carbons (Fsp3) is 0.586. The lowest BCUT2D eigenvalue weighted by Crippen LogP contribution is -2.19. The molecular formula is C29H41NO2. The predicted octanol–water partition coefficient (Wildman–Crippen LogP) is 5.25. The van der Waals surface area contributed by atoms with Crippen molar-refractivity contribution in [3.63, 3.8) is 0 Å². The van der Waals surface area contributed by atoms with Gasteiger partial charge in [-0.25, -0.2) is 0 Å². The fourth-order valence-electron chi connectivity index (χ4n) is 5.28. The molecule has 32 heavy (non-hydrogen) atoms. The third kappa shape index (κ3) is 7.34. The molecule has 0 spiro atoms. The summed E-state index contributed by atoms with van der Waals surface area (Å²) in [5.41, 5.74) is 2.92. The van der Waals surface area contributed by atoms with E-state index in [1.807, 2.05) is 19.9 Å². The van der Waals surface area contributed by atoms with Gasteiger partial charge in [-0.05, 0) is 75.3 Å². The number of rotatable bonds is 11. The molecule has 6 atom stereocenters. The first-order valence-corrected chi connectivity index (χ1v) is 12.4. The fourth-order valence-corrected chi connectivity index (χ4v) is 5.28. The summed E-state index contributed by atoms with van der Waals surface area (Å²) in [6, 6.07) is 10.6. The molecule has 0 unspecified atom stereocenters. The highest BCUT2D eigenvalue weighted by atomic mass is 16.3. The molecule has 3 heteroatoms. The topological polar surface area (TPSA) is 52.5 Å². The van der Waals surface area contributed by atoms with Crippen LogP contribution in [0.25, 0.3) is 0 Å². The minimum atomic E-state index is -0.492. The van der Waals surface area contributed by atoms with E-state index in [4.69, 9.17) is 0 Å². The van der Waals surface area contributed by atoms with E-state index >= 15 is 0 Å². The number of allylic oxidation sites excluding steroid dienone is 2. The first kappa shape index (κ1) is 24.8. The van der Waals surface area contributed by atoms with Crippen molar-refractivity contribution in [2.75, 3.05) is 6.54 Å². The molecule has 0 heterocycles. The van der Waals surface area contributed by atoms with Gasteiger partial charge in [-0.3, -0.25) is 0 Å². The van der Waals surface area contributed by atoms with Crippen LogP contribution in [0.4, 0.5) is 0 Å². The van der Waals surface area contributed by atoms with Crippen molar-refractivity contribution in [3.05, 3.63) is 59.7 Å². The molecule has 1 aromatic carbocycles. The van der Waals surface area contributed by atoms with Crippen LogP contribution in [0, 0.1) is 35.5 Å². The van der Waals surface area contributed by atoms with E-state index in [1.165, 1.54) is 18.4 Å². The summed E-state index contributed by atoms with van der Waals surface area (Å²) in [6.45, 7) is 5.87. The Kier molecular flexibility index (Phi) is 10.1. The van der Waals surface area contributed by atoms with E-state index in [0.717, 1.165) is 38.8 Å². The standard InChI is InChI=1S/C29H41NO2/c1-3-4-11-22(2)28(31)16-15-26-27-19-24(18-25(27)20-29(26)32)14-9-6-10-17-30-21-23-12-7-5-8-13-23/h5,7-8,12-16,22,25-32H,6,9-11,17-21H2,1-2H3/b16-15+,24-14+/t22-,25+,26-,27+,28-,29-/m1/s1. The zero-order valence-corrected chi connectivity index (χ0v) is 19.8. The van der Waals surface area contributed by atoms with Crippen LogP contribution < -0.4 is 5.32 Å². The van der Waals surface area contributed by atoms with E-state index in [0.29, 0.717) is 18.3 Å². The molecule has 0 aliphatic heterocycles. The molecule has 0 bridgehead atoms. The molecule has 3 nitrogen and oxygen atoms in total. The van der Waals surface area contributed by atoms with E-state index in [-0.39, 0.29) is 17.9 Å². The Morgan fingerprint density at radius 2 is 2.00 bits per heavy atom. The summed E-state index contributed by atoms with van der Waals surface area (Å²) in [7, 11) is 0. The van der Waals surface area contributed by atoms with Gasteiger partial charge in [0.2, 0.25) is 0 Å². The van der Waals surface area contributed by atoms with Gasteiger partial charge in [0.1, 0.15) is 0 Å². The highest BCUT2D eigenvalue weighted by molar-refractivity contribution is 5.18. The summed E-state index contributed by atoms with van der Waals surface area (Å²) in [5.74, 6) is 7.36. The van der Waals surface area contributed by atoms with Gasteiger partial charge in [-0.1, -0.05) is 61.1 Å². The van der Waals surface area contributed by atoms with Crippen molar-refractivity contribution in [2.45, 2.75) is 77.5 Å². The maximum atomic E-state index is 10.6. The van der Waals surface area contributed by atoms with Gasteiger partial charge < -0.3 is 15.5 Å². The number of fused-ring (bicyclic) bond motifs is 1. The molecule has 2 aliphatic carbocycles. The van der Waals surface area contributed by atoms with Crippen LogP contribution in [-0.2, 0) is 6.54 Å². The smallest absolute Gasteiger partial charge is 0.0755 e. The number of hydrogen-bond donors (Lipinski definition) is 3. The lowest BCUT2D eigenvalue weighted by molar-refractivity contribution is 0.137. The van der Waals surface area contributed by atoms with Crippen molar-refractivity contribution in [1.82, 2.24) is 5.32 Å². The first-order valence-electron chi connectivity index (χ1n) is 12.4. The third-order valence-electron chi connectivity index (χ3n) is 7.24. The first-order chi connectivity index (χ1) is 15.6. The van der Waals surface area contributed by atoms with E-state index in [9.17, 15) is 10.2 Å². The monoisotopic (exact) mass is 435 g/mol. The molecule has 174 valence electrons. The SMILES string of the molecule is CC#CC[C@@H](C)[C@H](O)/C=C/[C@@H]1[C@H]2C/C(=C/CCCCNCc3ccccc3)C[C@H]2C[C@H]1O. The third-order valence-corrected chi connectivity index (χ3v) is 7.24. The quantitative estimate of drug-likeness (QED) is 0.253. The van der Waals surface area contributed by atoms with Crippen LogP contribution in [0.5, 0.6) is 0 Å². The molecule has 0 radical (unpaired) electrons. The highest BCUT2D eigenvalue weighted by Gasteiger charge is 2.44. The van der Waals surface area contributed by atoms with Gasteiger partial charge in [0.25, 0.3) is 0 Å². The van der Waals surface area contributed by atoms with Gasteiger partial charge in [-0.15, -0.1) is 11.8 Å². The van der Waals surface area contributed by atoms with Crippen molar-refractivity contribution < 1.29 is 10.2 Å². The number of hydrogen-bond acceptors (Lipinski definition) is 3. The lowest BCUT2D eigenvalue weighted by Gasteiger charge is -2.19. The Morgan fingerprint density at radius 1 is 1.19 bits per heavy atom. The van der Waals surface area contributed by atoms with E-state index < -0.39 is 6.10 Å². The van der Waals surface area contributed by atoms with Crippen molar-refractivity contribution in [1.29, 1.82) is 0 Å². The van der Waals surface area contributed by atoms with Gasteiger partial charge >= 0.3 is 0 Å². The molecule has 2 aliphatic rings. The second-order valence-corrected chi connectivity index (χ2v) is 9.72. The zero-order chi connectivity index (χ0) is 22.8. The van der Waals surface area contributed by atoms with Crippen LogP contribution in [0.1, 0.15) is 64.4 Å². The Balaban J connectivity index is 1.37. The molecule has 0 aromatic heterocycles. The van der Waals surface area contributed by atoms with Crippen LogP contribution in [0.3, 0.4) is 0 Å². The maximum absolute atomic E-state index is 10.6. The second kappa shape index (κ2) is 13.0. The number of benzene rings is 1. The minimum Gasteiger partial charge on any atom is -0.392 e. The van der Waals surface area contributed by atoms with Crippen molar-refractivity contribution in [2.24, 2.45) is 23.7 Å². The number of nitrogens with one attached hydrogen (secondary N) is 1. The molecular weight excluding hydrogens is 394 g/mol. The molecule has 3 rings (SSSR count). The Bertz CT molecular complexity index is 803. The molecule has 0 amide bonds. The van der Waals surface area contributed by atoms with Crippen molar-refractivity contribution in [3.8, 4) is 11.8 Å². The Hall–Kier alpha value is -1.86. The molecule has 2 fully saturated rings. The number of aliphatic hydroxyl groups excluding tert-OH is 2. The number of unbranched alkanes of at least 4 members (excludes halogenated alkanes) is 2. The average molecular weight is 436 g/mol. The van der Waals surface area contributed by atoms with Gasteiger partial charge in [0, 0.05) is 18.9 Å². The molecule has 3 N–H and O–H groups in total. The van der Waals surface area contributed by atoms with Gasteiger partial charge in [0.05, 0.1) is 12.2 Å². The van der Waals surface area contributed by atoms with Crippen LogP contribution in [0.15, 0.2) is 54.1 Å². The largest absolute Gasteiger partial charge is 0.392 e. The highest BCUT2D eigenvalue weighted by Crippen LogP contribution is 2.50. The number of aliphatic hydroxyl groups is 2. The second-order valence-electron chi connectivity index (χ2n) is 9.72. The summed E-state index contributed by atoms with van der Waals surface area (Å²) < 4.78 is 0. The summed E-state index contributed by atoms with van der Waals surface area (Å²) in [5, 5.41) is 24.5. The normalized spacial score (nSPS) is 27.9. The summed E-state index contributed by atoms with van der Waals surface area (Å²) >= 11 is 0. The minimum absolute atomic E-state index is 0.120. The van der Waals surface area contributed by atoms with Crippen LogP contribution >= 0.6 is 0 Å². The molecule has 1 aromatic rings.